The first kappa shape index (κ1) is 15.5. The lowest BCUT2D eigenvalue weighted by molar-refractivity contribution is -0.139. The number of hydrogen-bond donors (Lipinski definition) is 0. The molecule has 1 amide bonds. The van der Waals surface area contributed by atoms with E-state index in [2.05, 4.69) is 10.1 Å². The molecule has 3 rings (SSSR count). The second kappa shape index (κ2) is 6.40. The largest absolute Gasteiger partial charge is 0.481 e. The van der Waals surface area contributed by atoms with E-state index in [0.717, 1.165) is 18.4 Å². The fraction of sp³-hybridized carbons (Fsp3) is 0.471. The Kier molecular flexibility index (Phi) is 4.32. The predicted molar refractivity (Wildman–Crippen MR) is 84.0 cm³/mol. The van der Waals surface area contributed by atoms with Crippen molar-refractivity contribution in [2.45, 2.75) is 45.8 Å². The summed E-state index contributed by atoms with van der Waals surface area (Å²) in [6.07, 6.45) is 1.23. The summed E-state index contributed by atoms with van der Waals surface area (Å²) >= 11 is 0. The average molecular weight is 315 g/mol. The van der Waals surface area contributed by atoms with Gasteiger partial charge in [-0.25, -0.2) is 0 Å². The van der Waals surface area contributed by atoms with Crippen molar-refractivity contribution in [1.29, 1.82) is 0 Å². The molecule has 1 saturated heterocycles. The van der Waals surface area contributed by atoms with Crippen LogP contribution in [0.1, 0.15) is 43.1 Å². The number of nitrogens with zero attached hydrogens (tertiary/aromatic N) is 3. The van der Waals surface area contributed by atoms with Crippen molar-refractivity contribution >= 4 is 5.91 Å². The monoisotopic (exact) mass is 315 g/mol. The number of ether oxygens (including phenoxy) is 1. The SMILES string of the molecule is Cc1cccc(O[C@H](C)C(=O)N2CCC[C@@H]2c2noc(C)n2)c1. The molecule has 2 aromatic rings. The Morgan fingerprint density at radius 1 is 1.43 bits per heavy atom. The summed E-state index contributed by atoms with van der Waals surface area (Å²) in [6, 6.07) is 7.58. The number of aromatic nitrogens is 2. The molecule has 0 unspecified atom stereocenters. The van der Waals surface area contributed by atoms with Gasteiger partial charge in [0.05, 0.1) is 6.04 Å². The van der Waals surface area contributed by atoms with E-state index in [9.17, 15) is 4.79 Å². The Morgan fingerprint density at radius 2 is 2.26 bits per heavy atom. The number of carbonyl (C=O) groups is 1. The van der Waals surface area contributed by atoms with Gasteiger partial charge in [-0.1, -0.05) is 17.3 Å². The number of carbonyl (C=O) groups excluding carboxylic acids is 1. The van der Waals surface area contributed by atoms with Crippen LogP contribution < -0.4 is 4.74 Å². The zero-order valence-electron chi connectivity index (χ0n) is 13.7. The summed E-state index contributed by atoms with van der Waals surface area (Å²) in [4.78, 5) is 18.8. The number of benzene rings is 1. The first-order valence-corrected chi connectivity index (χ1v) is 7.88. The highest BCUT2D eigenvalue weighted by molar-refractivity contribution is 5.81. The number of amides is 1. The fourth-order valence-electron chi connectivity index (χ4n) is 2.93. The molecule has 2 atom stereocenters. The molecule has 2 heterocycles. The summed E-state index contributed by atoms with van der Waals surface area (Å²) in [5.41, 5.74) is 1.10. The molecule has 23 heavy (non-hydrogen) atoms. The van der Waals surface area contributed by atoms with E-state index < -0.39 is 6.10 Å². The topological polar surface area (TPSA) is 68.5 Å². The molecule has 0 radical (unpaired) electrons. The minimum Gasteiger partial charge on any atom is -0.481 e. The van der Waals surface area contributed by atoms with Crippen molar-refractivity contribution in [3.63, 3.8) is 0 Å². The average Bonchev–Trinajstić information content (AvgIpc) is 3.14. The number of likely N-dealkylation sites (tertiary alicyclic amines) is 1. The number of rotatable bonds is 4. The van der Waals surface area contributed by atoms with Crippen molar-refractivity contribution in [2.75, 3.05) is 6.54 Å². The molecule has 1 aliphatic rings. The maximum atomic E-state index is 12.7. The summed E-state index contributed by atoms with van der Waals surface area (Å²) in [5, 5.41) is 3.96. The van der Waals surface area contributed by atoms with Crippen LogP contribution in [0.2, 0.25) is 0 Å². The smallest absolute Gasteiger partial charge is 0.263 e. The molecule has 0 N–H and O–H groups in total. The van der Waals surface area contributed by atoms with Gasteiger partial charge in [-0.3, -0.25) is 4.79 Å². The van der Waals surface area contributed by atoms with Crippen LogP contribution in [0.5, 0.6) is 5.75 Å². The quantitative estimate of drug-likeness (QED) is 0.868. The lowest BCUT2D eigenvalue weighted by Crippen LogP contribution is -2.40. The first-order chi connectivity index (χ1) is 11.0. The highest BCUT2D eigenvalue weighted by atomic mass is 16.5. The molecule has 122 valence electrons. The normalized spacial score (nSPS) is 18.9. The van der Waals surface area contributed by atoms with Crippen LogP contribution in [0.3, 0.4) is 0 Å². The summed E-state index contributed by atoms with van der Waals surface area (Å²) < 4.78 is 10.8. The Labute approximate surface area is 135 Å². The molecule has 1 aliphatic heterocycles. The highest BCUT2D eigenvalue weighted by Gasteiger charge is 2.35. The van der Waals surface area contributed by atoms with Gasteiger partial charge in [0.25, 0.3) is 5.91 Å². The third-order valence-corrected chi connectivity index (χ3v) is 4.03. The second-order valence-electron chi connectivity index (χ2n) is 5.94. The van der Waals surface area contributed by atoms with Gasteiger partial charge in [-0.05, 0) is 44.4 Å². The molecular formula is C17H21N3O3. The lowest BCUT2D eigenvalue weighted by Gasteiger charge is -2.26. The maximum Gasteiger partial charge on any atom is 0.263 e. The third kappa shape index (κ3) is 3.36. The molecule has 0 spiro atoms. The molecule has 1 aromatic carbocycles. The number of hydrogen-bond acceptors (Lipinski definition) is 5. The van der Waals surface area contributed by atoms with Crippen molar-refractivity contribution in [3.8, 4) is 5.75 Å². The van der Waals surface area contributed by atoms with Crippen molar-refractivity contribution in [1.82, 2.24) is 15.0 Å². The van der Waals surface area contributed by atoms with Gasteiger partial charge in [0.2, 0.25) is 5.89 Å². The van der Waals surface area contributed by atoms with Crippen LogP contribution in [-0.4, -0.2) is 33.6 Å². The molecule has 6 heteroatoms. The van der Waals surface area contributed by atoms with E-state index in [4.69, 9.17) is 9.26 Å². The third-order valence-electron chi connectivity index (χ3n) is 4.03. The van der Waals surface area contributed by atoms with Crippen LogP contribution in [0, 0.1) is 13.8 Å². The molecule has 0 aliphatic carbocycles. The van der Waals surface area contributed by atoms with Gasteiger partial charge in [0, 0.05) is 13.5 Å². The van der Waals surface area contributed by atoms with Gasteiger partial charge in [0.1, 0.15) is 5.75 Å². The van der Waals surface area contributed by atoms with Crippen molar-refractivity contribution in [3.05, 3.63) is 41.5 Å². The number of aryl methyl sites for hydroxylation is 2. The van der Waals surface area contributed by atoms with E-state index >= 15 is 0 Å². The van der Waals surface area contributed by atoms with Crippen LogP contribution in [-0.2, 0) is 4.79 Å². The Morgan fingerprint density at radius 3 is 2.96 bits per heavy atom. The molecule has 6 nitrogen and oxygen atoms in total. The molecule has 1 fully saturated rings. The highest BCUT2D eigenvalue weighted by Crippen LogP contribution is 2.31. The van der Waals surface area contributed by atoms with Crippen molar-refractivity contribution < 1.29 is 14.1 Å². The van der Waals surface area contributed by atoms with Crippen molar-refractivity contribution in [2.24, 2.45) is 0 Å². The summed E-state index contributed by atoms with van der Waals surface area (Å²) in [6.45, 7) is 6.22. The van der Waals surface area contributed by atoms with E-state index in [1.807, 2.05) is 31.2 Å². The Hall–Kier alpha value is -2.37. The molecular weight excluding hydrogens is 294 g/mol. The zero-order valence-corrected chi connectivity index (χ0v) is 13.7. The van der Waals surface area contributed by atoms with Gasteiger partial charge < -0.3 is 14.2 Å². The van der Waals surface area contributed by atoms with Gasteiger partial charge in [-0.2, -0.15) is 4.98 Å². The van der Waals surface area contributed by atoms with E-state index in [1.165, 1.54) is 0 Å². The van der Waals surface area contributed by atoms with E-state index in [-0.39, 0.29) is 11.9 Å². The Bertz CT molecular complexity index is 698. The van der Waals surface area contributed by atoms with Crippen LogP contribution >= 0.6 is 0 Å². The molecule has 0 saturated carbocycles. The van der Waals surface area contributed by atoms with Crippen LogP contribution in [0.4, 0.5) is 0 Å². The summed E-state index contributed by atoms with van der Waals surface area (Å²) in [5.74, 6) is 1.76. The van der Waals surface area contributed by atoms with Crippen LogP contribution in [0.25, 0.3) is 0 Å². The molecule has 1 aromatic heterocycles. The van der Waals surface area contributed by atoms with Gasteiger partial charge in [-0.15, -0.1) is 0 Å². The lowest BCUT2D eigenvalue weighted by atomic mass is 10.2. The standard InChI is InChI=1S/C17H21N3O3/c1-11-6-4-7-14(10-11)22-12(2)17(21)20-9-5-8-15(20)16-18-13(3)23-19-16/h4,6-7,10,12,15H,5,8-9H2,1-3H3/t12-,15-/m1/s1. The predicted octanol–water partition coefficient (Wildman–Crippen LogP) is 2.82. The first-order valence-electron chi connectivity index (χ1n) is 7.88. The van der Waals surface area contributed by atoms with E-state index in [1.54, 1.807) is 18.7 Å². The second-order valence-corrected chi connectivity index (χ2v) is 5.94. The fourth-order valence-corrected chi connectivity index (χ4v) is 2.93. The molecule has 0 bridgehead atoms. The van der Waals surface area contributed by atoms with Gasteiger partial charge >= 0.3 is 0 Å². The zero-order chi connectivity index (χ0) is 16.4. The Balaban J connectivity index is 1.71. The minimum absolute atomic E-state index is 0.0449. The maximum absolute atomic E-state index is 12.7. The van der Waals surface area contributed by atoms with E-state index in [0.29, 0.717) is 24.0 Å². The van der Waals surface area contributed by atoms with Crippen LogP contribution in [0.15, 0.2) is 28.8 Å². The minimum atomic E-state index is -0.551. The van der Waals surface area contributed by atoms with Gasteiger partial charge in [0.15, 0.2) is 11.9 Å². The summed E-state index contributed by atoms with van der Waals surface area (Å²) in [7, 11) is 0.